The van der Waals surface area contributed by atoms with Crippen LogP contribution in [-0.4, -0.2) is 43.6 Å². The smallest absolute Gasteiger partial charge is 0.329 e. The van der Waals surface area contributed by atoms with E-state index in [2.05, 4.69) is 19.2 Å². The summed E-state index contributed by atoms with van der Waals surface area (Å²) in [5.41, 5.74) is 5.41. The highest BCUT2D eigenvalue weighted by molar-refractivity contribution is 5.88. The molecular weight excluding hydrogens is 564 g/mol. The average molecular weight is 639 g/mol. The van der Waals surface area contributed by atoms with E-state index >= 15 is 0 Å². The zero-order valence-corrected chi connectivity index (χ0v) is 29.8. The lowest BCUT2D eigenvalue weighted by atomic mass is 10.0. The van der Waals surface area contributed by atoms with Crippen LogP contribution in [0.3, 0.4) is 0 Å². The number of hydrogen-bond donors (Lipinski definition) is 2. The van der Waals surface area contributed by atoms with Crippen molar-refractivity contribution in [3.63, 3.8) is 0 Å². The molecule has 266 valence electrons. The van der Waals surface area contributed by atoms with E-state index in [0.717, 1.165) is 38.5 Å². The van der Waals surface area contributed by atoms with E-state index in [4.69, 9.17) is 15.2 Å². The Kier molecular flexibility index (Phi) is 34.0. The predicted molar refractivity (Wildman–Crippen MR) is 188 cm³/mol. The molecule has 1 atom stereocenters. The monoisotopic (exact) mass is 639 g/mol. The predicted octanol–water partition coefficient (Wildman–Crippen LogP) is 9.87. The first-order valence-electron chi connectivity index (χ1n) is 19.4. The first kappa shape index (κ1) is 43.4. The minimum atomic E-state index is -1.06. The number of ether oxygens (including phenoxy) is 2. The highest BCUT2D eigenvalue weighted by Crippen LogP contribution is 2.14. The Labute approximate surface area is 278 Å². The lowest BCUT2D eigenvalue weighted by Gasteiger charge is -2.17. The van der Waals surface area contributed by atoms with Gasteiger partial charge in [0.2, 0.25) is 5.91 Å². The van der Waals surface area contributed by atoms with Crippen LogP contribution in [0.1, 0.15) is 200 Å². The van der Waals surface area contributed by atoms with E-state index in [0.29, 0.717) is 13.2 Å². The Bertz CT molecular complexity index is 673. The number of carbonyl (C=O) groups excluding carboxylic acids is 3. The van der Waals surface area contributed by atoms with Crippen molar-refractivity contribution in [2.45, 2.75) is 206 Å². The summed E-state index contributed by atoms with van der Waals surface area (Å²) >= 11 is 0. The molecule has 0 unspecified atom stereocenters. The van der Waals surface area contributed by atoms with E-state index in [-0.39, 0.29) is 13.0 Å². The number of carbonyl (C=O) groups is 3. The quantitative estimate of drug-likeness (QED) is 0.0528. The highest BCUT2D eigenvalue weighted by Gasteiger charge is 2.25. The maximum atomic E-state index is 12.6. The third-order valence-corrected chi connectivity index (χ3v) is 8.68. The Morgan fingerprint density at radius 1 is 0.489 bits per heavy atom. The Hall–Kier alpha value is -1.63. The summed E-state index contributed by atoms with van der Waals surface area (Å²) in [6.45, 7) is 4.90. The molecule has 0 aromatic carbocycles. The zero-order valence-electron chi connectivity index (χ0n) is 29.8. The number of unbranched alkanes of at least 4 members (excludes halogenated alkanes) is 26. The summed E-state index contributed by atoms with van der Waals surface area (Å²) < 4.78 is 10.7. The van der Waals surface area contributed by atoms with Crippen LogP contribution in [0.2, 0.25) is 0 Å². The number of hydrogen-bond acceptors (Lipinski definition) is 6. The van der Waals surface area contributed by atoms with Crippen molar-refractivity contribution in [3.8, 4) is 0 Å². The molecule has 0 bridgehead atoms. The summed E-state index contributed by atoms with van der Waals surface area (Å²) in [6, 6.07) is -1.06. The lowest BCUT2D eigenvalue weighted by molar-refractivity contribution is -0.153. The van der Waals surface area contributed by atoms with Gasteiger partial charge < -0.3 is 20.5 Å². The minimum Gasteiger partial charge on any atom is -0.466 e. The van der Waals surface area contributed by atoms with Crippen LogP contribution >= 0.6 is 0 Å². The van der Waals surface area contributed by atoms with Crippen LogP contribution in [-0.2, 0) is 23.9 Å². The van der Waals surface area contributed by atoms with Crippen molar-refractivity contribution in [2.75, 3.05) is 19.8 Å². The van der Waals surface area contributed by atoms with Crippen molar-refractivity contribution < 1.29 is 23.9 Å². The Morgan fingerprint density at radius 2 is 0.800 bits per heavy atom. The summed E-state index contributed by atoms with van der Waals surface area (Å²) in [5.74, 6) is -1.59. The molecule has 3 N–H and O–H groups in total. The molecule has 0 aliphatic carbocycles. The number of nitrogens with two attached hydrogens (primary N) is 1. The van der Waals surface area contributed by atoms with E-state index in [9.17, 15) is 14.4 Å². The third kappa shape index (κ3) is 32.1. The second kappa shape index (κ2) is 35.2. The molecule has 0 aliphatic rings. The van der Waals surface area contributed by atoms with E-state index in [1.54, 1.807) is 0 Å². The maximum absolute atomic E-state index is 12.6. The maximum Gasteiger partial charge on any atom is 0.329 e. The largest absolute Gasteiger partial charge is 0.466 e. The molecule has 0 aromatic heterocycles. The molecule has 0 aliphatic heterocycles. The Morgan fingerprint density at radius 3 is 1.13 bits per heavy atom. The van der Waals surface area contributed by atoms with E-state index < -0.39 is 23.9 Å². The van der Waals surface area contributed by atoms with Gasteiger partial charge in [-0.25, -0.2) is 4.79 Å². The van der Waals surface area contributed by atoms with E-state index in [1.165, 1.54) is 141 Å². The molecule has 7 heteroatoms. The topological polar surface area (TPSA) is 108 Å². The van der Waals surface area contributed by atoms with Crippen molar-refractivity contribution in [1.82, 2.24) is 5.32 Å². The summed E-state index contributed by atoms with van der Waals surface area (Å²) in [6.07, 6.45) is 35.1. The van der Waals surface area contributed by atoms with Gasteiger partial charge in [0.15, 0.2) is 0 Å². The summed E-state index contributed by atoms with van der Waals surface area (Å²) in [7, 11) is 0. The number of rotatable bonds is 35. The van der Waals surface area contributed by atoms with E-state index in [1.807, 2.05) is 0 Å². The van der Waals surface area contributed by atoms with Crippen LogP contribution in [0.25, 0.3) is 0 Å². The summed E-state index contributed by atoms with van der Waals surface area (Å²) in [4.78, 5) is 36.8. The molecule has 0 spiro atoms. The first-order valence-corrected chi connectivity index (χ1v) is 19.4. The van der Waals surface area contributed by atoms with Gasteiger partial charge in [0.05, 0.1) is 26.2 Å². The fourth-order valence-corrected chi connectivity index (χ4v) is 5.72. The number of nitrogens with one attached hydrogen (secondary N) is 1. The fourth-order valence-electron chi connectivity index (χ4n) is 5.72. The molecule has 0 saturated heterocycles. The fraction of sp³-hybridized carbons (Fsp3) is 0.921. The molecule has 0 heterocycles. The molecule has 7 nitrogen and oxygen atoms in total. The van der Waals surface area contributed by atoms with Crippen molar-refractivity contribution in [3.05, 3.63) is 0 Å². The molecular formula is C38H74N2O5. The second-order valence-electron chi connectivity index (χ2n) is 13.1. The molecule has 0 rings (SSSR count). The van der Waals surface area contributed by atoms with Crippen molar-refractivity contribution in [1.29, 1.82) is 0 Å². The van der Waals surface area contributed by atoms with Crippen LogP contribution in [0.4, 0.5) is 0 Å². The minimum absolute atomic E-state index is 0.234. The highest BCUT2D eigenvalue weighted by atomic mass is 16.5. The van der Waals surface area contributed by atoms with Gasteiger partial charge in [-0.3, -0.25) is 9.59 Å². The van der Waals surface area contributed by atoms with Crippen LogP contribution in [0.15, 0.2) is 0 Å². The lowest BCUT2D eigenvalue weighted by Crippen LogP contribution is -2.45. The molecule has 0 radical (unpaired) electrons. The Balaban J connectivity index is 3.83. The molecule has 0 aromatic rings. The second-order valence-corrected chi connectivity index (χ2v) is 13.1. The van der Waals surface area contributed by atoms with Gasteiger partial charge in [-0.1, -0.05) is 181 Å². The summed E-state index contributed by atoms with van der Waals surface area (Å²) in [5, 5.41) is 2.51. The zero-order chi connectivity index (χ0) is 33.1. The van der Waals surface area contributed by atoms with Crippen molar-refractivity contribution in [2.24, 2.45) is 5.73 Å². The van der Waals surface area contributed by atoms with Crippen LogP contribution < -0.4 is 11.1 Å². The van der Waals surface area contributed by atoms with Gasteiger partial charge in [-0.2, -0.15) is 0 Å². The molecule has 45 heavy (non-hydrogen) atoms. The van der Waals surface area contributed by atoms with Gasteiger partial charge in [-0.15, -0.1) is 0 Å². The molecule has 0 saturated carbocycles. The van der Waals surface area contributed by atoms with Gasteiger partial charge in [-0.05, 0) is 12.8 Å². The standard InChI is InChI=1S/C38H74N2O5/c1-3-5-7-9-11-13-15-17-19-21-23-25-27-29-31-44-37(42)33-35(40-36(41)34-39)38(43)45-32-30-28-26-24-22-20-18-16-14-12-10-8-6-4-2/h35H,3-34,39H2,1-2H3,(H,40,41)/t35-/m0/s1. The third-order valence-electron chi connectivity index (χ3n) is 8.68. The number of esters is 2. The van der Waals surface area contributed by atoms with Crippen molar-refractivity contribution >= 4 is 17.8 Å². The van der Waals surface area contributed by atoms with Gasteiger partial charge in [0.25, 0.3) is 0 Å². The normalized spacial score (nSPS) is 11.8. The van der Waals surface area contributed by atoms with Gasteiger partial charge >= 0.3 is 11.9 Å². The molecule has 0 fully saturated rings. The average Bonchev–Trinajstić information content (AvgIpc) is 3.04. The molecule has 1 amide bonds. The first-order chi connectivity index (χ1) is 22.0. The SMILES string of the molecule is CCCCCCCCCCCCCCCCOC(=O)C[C@H](NC(=O)CN)C(=O)OCCCCCCCCCCCCCCCC. The van der Waals surface area contributed by atoms with Crippen LogP contribution in [0, 0.1) is 0 Å². The van der Waals surface area contributed by atoms with Crippen LogP contribution in [0.5, 0.6) is 0 Å². The number of amides is 1. The van der Waals surface area contributed by atoms with Gasteiger partial charge in [0, 0.05) is 0 Å². The van der Waals surface area contributed by atoms with Gasteiger partial charge in [0.1, 0.15) is 6.04 Å².